The number of phenolic OH excluding ortho intramolecular Hbond substituents is 1. The van der Waals surface area contributed by atoms with E-state index in [0.29, 0.717) is 36.3 Å². The number of H-pyrrole nitrogens is 1. The Morgan fingerprint density at radius 2 is 2.12 bits per heavy atom. The summed E-state index contributed by atoms with van der Waals surface area (Å²) < 4.78 is 0. The van der Waals surface area contributed by atoms with E-state index in [1.807, 2.05) is 10.3 Å². The van der Waals surface area contributed by atoms with Crippen LogP contribution in [0.4, 0.5) is 0 Å². The number of aromatic hydroxyl groups is 1. The lowest BCUT2D eigenvalue weighted by Crippen LogP contribution is -2.51. The molecule has 5 rings (SSSR count). The molecule has 1 aliphatic carbocycles. The minimum absolute atomic E-state index is 0.0344. The van der Waals surface area contributed by atoms with E-state index >= 15 is 0 Å². The zero-order chi connectivity index (χ0) is 22.4. The highest BCUT2D eigenvalue weighted by Crippen LogP contribution is 2.34. The number of benzene rings is 1. The van der Waals surface area contributed by atoms with E-state index in [1.165, 1.54) is 10.4 Å². The summed E-state index contributed by atoms with van der Waals surface area (Å²) in [6.07, 6.45) is 3.93. The van der Waals surface area contributed by atoms with Crippen LogP contribution in [0.3, 0.4) is 0 Å². The maximum absolute atomic E-state index is 13.3. The van der Waals surface area contributed by atoms with E-state index in [0.717, 1.165) is 24.8 Å². The summed E-state index contributed by atoms with van der Waals surface area (Å²) in [5.74, 6) is 0.781. The Balaban J connectivity index is 1.25. The Morgan fingerprint density at radius 3 is 2.94 bits per heavy atom. The number of likely N-dealkylation sites (tertiary alicyclic amines) is 1. The van der Waals surface area contributed by atoms with Gasteiger partial charge >= 0.3 is 0 Å². The van der Waals surface area contributed by atoms with E-state index in [-0.39, 0.29) is 35.2 Å². The Bertz CT molecular complexity index is 1180. The van der Waals surface area contributed by atoms with E-state index in [4.69, 9.17) is 0 Å². The quantitative estimate of drug-likeness (QED) is 0.564. The fraction of sp³-hybridized carbons (Fsp3) is 0.458. The third-order valence-electron chi connectivity index (χ3n) is 6.90. The van der Waals surface area contributed by atoms with Gasteiger partial charge in [-0.1, -0.05) is 13.8 Å². The molecular weight excluding hydrogens is 424 g/mol. The van der Waals surface area contributed by atoms with E-state index < -0.39 is 0 Å². The van der Waals surface area contributed by atoms with Gasteiger partial charge in [-0.3, -0.25) is 14.7 Å². The van der Waals surface area contributed by atoms with Crippen molar-refractivity contribution >= 4 is 34.1 Å². The van der Waals surface area contributed by atoms with Crippen LogP contribution in [0.15, 0.2) is 23.6 Å². The van der Waals surface area contributed by atoms with Gasteiger partial charge in [-0.05, 0) is 61.3 Å². The van der Waals surface area contributed by atoms with Crippen molar-refractivity contribution in [2.24, 2.45) is 11.8 Å². The summed E-state index contributed by atoms with van der Waals surface area (Å²) in [6.45, 7) is 5.59. The molecule has 3 aromatic rings. The van der Waals surface area contributed by atoms with Crippen LogP contribution in [0, 0.1) is 11.8 Å². The molecule has 0 bridgehead atoms. The highest BCUT2D eigenvalue weighted by Gasteiger charge is 2.33. The summed E-state index contributed by atoms with van der Waals surface area (Å²) in [4.78, 5) is 29.5. The smallest absolute Gasteiger partial charge is 0.272 e. The number of amides is 2. The molecule has 3 heterocycles. The van der Waals surface area contributed by atoms with Gasteiger partial charge in [0.1, 0.15) is 5.75 Å². The number of hydrogen-bond acceptors (Lipinski definition) is 5. The van der Waals surface area contributed by atoms with Gasteiger partial charge in [0.15, 0.2) is 5.69 Å². The molecule has 0 saturated carbocycles. The largest absolute Gasteiger partial charge is 0.508 e. The van der Waals surface area contributed by atoms with Crippen LogP contribution in [0.2, 0.25) is 0 Å². The second-order valence-electron chi connectivity index (χ2n) is 9.30. The molecule has 1 aliphatic heterocycles. The van der Waals surface area contributed by atoms with Crippen LogP contribution in [0.25, 0.3) is 10.9 Å². The van der Waals surface area contributed by atoms with Gasteiger partial charge in [0.05, 0.1) is 11.1 Å². The standard InChI is InChI=1S/C24H28N4O3S/c1-13-3-5-16-18(12-32-21(16)9-13)24(31)28-8-7-19(14(2)11-28)25-23(30)22-17-10-15(29)4-6-20(17)26-27-22/h4,6,10,12-14,19,29H,3,5,7-9,11H2,1-2H3,(H,25,30)(H,26,27). The Morgan fingerprint density at radius 1 is 1.28 bits per heavy atom. The number of rotatable bonds is 3. The van der Waals surface area contributed by atoms with Crippen molar-refractivity contribution < 1.29 is 14.7 Å². The zero-order valence-electron chi connectivity index (χ0n) is 18.4. The average Bonchev–Trinajstić information content (AvgIpc) is 3.38. The molecule has 2 aliphatic rings. The van der Waals surface area contributed by atoms with Gasteiger partial charge in [-0.15, -0.1) is 11.3 Å². The number of phenols is 1. The van der Waals surface area contributed by atoms with Crippen LogP contribution < -0.4 is 5.32 Å². The first-order chi connectivity index (χ1) is 15.4. The number of aromatic nitrogens is 2. The zero-order valence-corrected chi connectivity index (χ0v) is 19.2. The second kappa shape index (κ2) is 8.24. The fourth-order valence-corrected chi connectivity index (χ4v) is 6.22. The summed E-state index contributed by atoms with van der Waals surface area (Å²) in [5, 5.41) is 22.5. The van der Waals surface area contributed by atoms with Gasteiger partial charge < -0.3 is 15.3 Å². The number of carbonyl (C=O) groups is 2. The van der Waals surface area contributed by atoms with Gasteiger partial charge in [0.2, 0.25) is 0 Å². The molecule has 8 heteroatoms. The number of fused-ring (bicyclic) bond motifs is 2. The fourth-order valence-electron chi connectivity index (χ4n) is 4.98. The Labute approximate surface area is 190 Å². The van der Waals surface area contributed by atoms with Crippen LogP contribution in [-0.2, 0) is 12.8 Å². The molecule has 3 unspecified atom stereocenters. The monoisotopic (exact) mass is 452 g/mol. The third-order valence-corrected chi connectivity index (χ3v) is 7.95. The average molecular weight is 453 g/mol. The summed E-state index contributed by atoms with van der Waals surface area (Å²) in [6, 6.07) is 4.77. The van der Waals surface area contributed by atoms with E-state index in [2.05, 4.69) is 29.4 Å². The Kier molecular flexibility index (Phi) is 5.41. The van der Waals surface area contributed by atoms with Crippen LogP contribution in [0.5, 0.6) is 5.75 Å². The lowest BCUT2D eigenvalue weighted by atomic mass is 9.88. The van der Waals surface area contributed by atoms with Gasteiger partial charge in [0, 0.05) is 34.8 Å². The van der Waals surface area contributed by atoms with Crippen molar-refractivity contribution in [1.29, 1.82) is 0 Å². The maximum Gasteiger partial charge on any atom is 0.272 e. The predicted molar refractivity (Wildman–Crippen MR) is 124 cm³/mol. The summed E-state index contributed by atoms with van der Waals surface area (Å²) >= 11 is 1.73. The van der Waals surface area contributed by atoms with Gasteiger partial charge in [-0.25, -0.2) is 0 Å². The number of hydrogen-bond donors (Lipinski definition) is 3. The normalized spacial score (nSPS) is 23.2. The van der Waals surface area contributed by atoms with Crippen molar-refractivity contribution in [3.63, 3.8) is 0 Å². The molecule has 168 valence electrons. The minimum Gasteiger partial charge on any atom is -0.508 e. The maximum atomic E-state index is 13.3. The molecule has 1 saturated heterocycles. The molecule has 7 nitrogen and oxygen atoms in total. The molecular formula is C24H28N4O3S. The molecule has 1 fully saturated rings. The topological polar surface area (TPSA) is 98.3 Å². The molecule has 0 radical (unpaired) electrons. The van der Waals surface area contributed by atoms with Crippen LogP contribution in [0.1, 0.15) is 58.0 Å². The van der Waals surface area contributed by atoms with E-state index in [9.17, 15) is 14.7 Å². The van der Waals surface area contributed by atoms with Crippen LogP contribution in [-0.4, -0.2) is 51.1 Å². The molecule has 2 amide bonds. The van der Waals surface area contributed by atoms with Crippen molar-refractivity contribution in [3.05, 3.63) is 45.3 Å². The molecule has 1 aromatic carbocycles. The number of carbonyl (C=O) groups excluding carboxylic acids is 2. The molecule has 3 N–H and O–H groups in total. The molecule has 3 atom stereocenters. The van der Waals surface area contributed by atoms with Crippen molar-refractivity contribution in [2.75, 3.05) is 13.1 Å². The van der Waals surface area contributed by atoms with Crippen molar-refractivity contribution in [1.82, 2.24) is 20.4 Å². The SMILES string of the molecule is CC1CCc2c(C(=O)N3CCC(NC(=O)c4n[nH]c5ccc(O)cc45)C(C)C3)csc2C1. The van der Waals surface area contributed by atoms with Crippen molar-refractivity contribution in [2.45, 2.75) is 45.6 Å². The molecule has 2 aromatic heterocycles. The van der Waals surface area contributed by atoms with Crippen LogP contribution >= 0.6 is 11.3 Å². The number of nitrogens with zero attached hydrogens (tertiary/aromatic N) is 2. The second-order valence-corrected chi connectivity index (χ2v) is 10.3. The number of thiophene rings is 1. The summed E-state index contributed by atoms with van der Waals surface area (Å²) in [7, 11) is 0. The lowest BCUT2D eigenvalue weighted by molar-refractivity contribution is 0.0632. The highest BCUT2D eigenvalue weighted by atomic mass is 32.1. The molecule has 0 spiro atoms. The Hall–Kier alpha value is -2.87. The van der Waals surface area contributed by atoms with Crippen molar-refractivity contribution in [3.8, 4) is 5.75 Å². The number of piperidine rings is 1. The highest BCUT2D eigenvalue weighted by molar-refractivity contribution is 7.10. The minimum atomic E-state index is -0.264. The predicted octanol–water partition coefficient (Wildman–Crippen LogP) is 3.74. The molecule has 32 heavy (non-hydrogen) atoms. The van der Waals surface area contributed by atoms with Gasteiger partial charge in [-0.2, -0.15) is 5.10 Å². The first kappa shape index (κ1) is 21.0. The van der Waals surface area contributed by atoms with Gasteiger partial charge in [0.25, 0.3) is 11.8 Å². The summed E-state index contributed by atoms with van der Waals surface area (Å²) in [5.41, 5.74) is 3.12. The first-order valence-electron chi connectivity index (χ1n) is 11.3. The number of nitrogens with one attached hydrogen (secondary N) is 2. The third kappa shape index (κ3) is 3.77. The van der Waals surface area contributed by atoms with E-state index in [1.54, 1.807) is 29.5 Å². The number of aromatic amines is 1. The lowest BCUT2D eigenvalue weighted by Gasteiger charge is -2.37. The first-order valence-corrected chi connectivity index (χ1v) is 12.1.